The molecule has 1 fully saturated rings. The summed E-state index contributed by atoms with van der Waals surface area (Å²) in [6.07, 6.45) is 1.63. The summed E-state index contributed by atoms with van der Waals surface area (Å²) < 4.78 is 0. The van der Waals surface area contributed by atoms with Gasteiger partial charge in [-0.25, -0.2) is 0 Å². The van der Waals surface area contributed by atoms with Gasteiger partial charge in [0.1, 0.15) is 11.6 Å². The number of hydrogen-bond acceptors (Lipinski definition) is 2. The minimum absolute atomic E-state index is 0.0309. The number of benzene rings is 1. The molecule has 0 spiro atoms. The van der Waals surface area contributed by atoms with E-state index in [1.165, 1.54) is 11.1 Å². The Morgan fingerprint density at radius 1 is 1.33 bits per heavy atom. The normalized spacial score (nSPS) is 31.5. The van der Waals surface area contributed by atoms with Crippen molar-refractivity contribution >= 4 is 11.8 Å². The van der Waals surface area contributed by atoms with Gasteiger partial charge in [0.05, 0.1) is 0 Å². The van der Waals surface area contributed by atoms with E-state index in [-0.39, 0.29) is 11.8 Å². The fourth-order valence-electron chi connectivity index (χ4n) is 3.40. The number of nitrogens with one attached hydrogen (secondary N) is 1. The molecule has 3 unspecified atom stereocenters. The van der Waals surface area contributed by atoms with Crippen LogP contribution in [0.1, 0.15) is 44.2 Å². The lowest BCUT2D eigenvalue weighted by Crippen LogP contribution is -2.69. The number of fused-ring (bicyclic) bond motifs is 1. The first kappa shape index (κ1) is 14.1. The molecule has 1 aliphatic carbocycles. The molecule has 2 aliphatic rings. The lowest BCUT2D eigenvalue weighted by molar-refractivity contribution is -0.156. The van der Waals surface area contributed by atoms with Crippen molar-refractivity contribution in [2.75, 3.05) is 6.54 Å². The highest BCUT2D eigenvalue weighted by molar-refractivity contribution is 5.99. The average Bonchev–Trinajstić information content (AvgIpc) is 2.45. The molecular formula is C17H22N2O2. The monoisotopic (exact) mass is 286 g/mol. The van der Waals surface area contributed by atoms with E-state index in [1.807, 2.05) is 26.0 Å². The van der Waals surface area contributed by atoms with Crippen molar-refractivity contribution in [1.82, 2.24) is 10.2 Å². The smallest absolute Gasteiger partial charge is 0.246 e. The maximum Gasteiger partial charge on any atom is 0.246 e. The molecule has 1 N–H and O–H groups in total. The van der Waals surface area contributed by atoms with Crippen molar-refractivity contribution in [3.8, 4) is 0 Å². The van der Waals surface area contributed by atoms with E-state index in [0.717, 1.165) is 6.42 Å². The molecule has 3 atom stereocenters. The van der Waals surface area contributed by atoms with Crippen LogP contribution in [-0.2, 0) is 16.0 Å². The van der Waals surface area contributed by atoms with Crippen LogP contribution in [-0.4, -0.2) is 34.8 Å². The van der Waals surface area contributed by atoms with Crippen LogP contribution >= 0.6 is 0 Å². The molecule has 112 valence electrons. The molecule has 1 aromatic rings. The number of carbonyl (C=O) groups is 2. The summed E-state index contributed by atoms with van der Waals surface area (Å²) in [6.45, 7) is 6.23. The third-order valence-electron chi connectivity index (χ3n) is 5.12. The van der Waals surface area contributed by atoms with E-state index < -0.39 is 11.6 Å². The van der Waals surface area contributed by atoms with Crippen molar-refractivity contribution in [2.45, 2.75) is 51.1 Å². The second kappa shape index (κ2) is 4.86. The Bertz CT molecular complexity index is 598. The summed E-state index contributed by atoms with van der Waals surface area (Å²) in [7, 11) is 0. The minimum Gasteiger partial charge on any atom is -0.343 e. The van der Waals surface area contributed by atoms with E-state index in [4.69, 9.17) is 0 Å². The SMILES string of the molecule is CCC1(C)C(=O)NC(C)C(=O)N1CC1Cc2ccccc21. The Hall–Kier alpha value is -1.84. The summed E-state index contributed by atoms with van der Waals surface area (Å²) in [4.78, 5) is 26.7. The van der Waals surface area contributed by atoms with E-state index in [1.54, 1.807) is 11.8 Å². The second-order valence-corrected chi connectivity index (χ2v) is 6.37. The summed E-state index contributed by atoms with van der Waals surface area (Å²) >= 11 is 0. The lowest BCUT2D eigenvalue weighted by atomic mass is 9.76. The summed E-state index contributed by atoms with van der Waals surface area (Å²) in [6, 6.07) is 7.93. The maximum atomic E-state index is 12.5. The van der Waals surface area contributed by atoms with Crippen molar-refractivity contribution < 1.29 is 9.59 Å². The Morgan fingerprint density at radius 2 is 2.05 bits per heavy atom. The average molecular weight is 286 g/mol. The molecule has 1 heterocycles. The first-order valence-electron chi connectivity index (χ1n) is 7.67. The predicted molar refractivity (Wildman–Crippen MR) is 80.9 cm³/mol. The Labute approximate surface area is 125 Å². The van der Waals surface area contributed by atoms with Crippen molar-refractivity contribution in [2.24, 2.45) is 0 Å². The van der Waals surface area contributed by atoms with Crippen molar-refractivity contribution in [1.29, 1.82) is 0 Å². The molecule has 4 nitrogen and oxygen atoms in total. The van der Waals surface area contributed by atoms with Crippen LogP contribution in [0.15, 0.2) is 24.3 Å². The first-order chi connectivity index (χ1) is 9.97. The molecule has 0 radical (unpaired) electrons. The number of amides is 2. The molecule has 0 aromatic heterocycles. The molecule has 1 saturated heterocycles. The van der Waals surface area contributed by atoms with Gasteiger partial charge >= 0.3 is 0 Å². The van der Waals surface area contributed by atoms with E-state index in [0.29, 0.717) is 18.9 Å². The second-order valence-electron chi connectivity index (χ2n) is 6.37. The van der Waals surface area contributed by atoms with Crippen LogP contribution in [0.4, 0.5) is 0 Å². The molecule has 0 saturated carbocycles. The van der Waals surface area contributed by atoms with Gasteiger partial charge < -0.3 is 10.2 Å². The number of rotatable bonds is 3. The highest BCUT2D eigenvalue weighted by Crippen LogP contribution is 2.37. The first-order valence-corrected chi connectivity index (χ1v) is 7.67. The zero-order valence-electron chi connectivity index (χ0n) is 12.8. The van der Waals surface area contributed by atoms with Gasteiger partial charge in [0, 0.05) is 12.5 Å². The van der Waals surface area contributed by atoms with Crippen LogP contribution in [0.25, 0.3) is 0 Å². The lowest BCUT2D eigenvalue weighted by Gasteiger charge is -2.48. The molecule has 3 rings (SSSR count). The van der Waals surface area contributed by atoms with Gasteiger partial charge in [0.15, 0.2) is 0 Å². The summed E-state index contributed by atoms with van der Waals surface area (Å²) in [5.41, 5.74) is 1.96. The molecule has 1 aromatic carbocycles. The van der Waals surface area contributed by atoms with Crippen LogP contribution in [0, 0.1) is 0 Å². The Morgan fingerprint density at radius 3 is 2.71 bits per heavy atom. The predicted octanol–water partition coefficient (Wildman–Crippen LogP) is 1.84. The fourth-order valence-corrected chi connectivity index (χ4v) is 3.40. The van der Waals surface area contributed by atoms with Crippen LogP contribution in [0.2, 0.25) is 0 Å². The van der Waals surface area contributed by atoms with E-state index in [2.05, 4.69) is 17.4 Å². The highest BCUT2D eigenvalue weighted by atomic mass is 16.2. The Balaban J connectivity index is 1.85. The molecule has 21 heavy (non-hydrogen) atoms. The van der Waals surface area contributed by atoms with Crippen LogP contribution in [0.3, 0.4) is 0 Å². The van der Waals surface area contributed by atoms with Crippen molar-refractivity contribution in [3.63, 3.8) is 0 Å². The van der Waals surface area contributed by atoms with Gasteiger partial charge in [-0.3, -0.25) is 9.59 Å². The maximum absolute atomic E-state index is 12.5. The van der Waals surface area contributed by atoms with Gasteiger partial charge in [0.25, 0.3) is 0 Å². The standard InChI is InChI=1S/C17H22N2O2/c1-4-17(3)16(21)18-11(2)15(20)19(17)10-13-9-12-7-5-6-8-14(12)13/h5-8,11,13H,4,9-10H2,1-3H3,(H,18,21). The number of nitrogens with zero attached hydrogens (tertiary/aromatic N) is 1. The van der Waals surface area contributed by atoms with Gasteiger partial charge in [-0.2, -0.15) is 0 Å². The van der Waals surface area contributed by atoms with E-state index >= 15 is 0 Å². The van der Waals surface area contributed by atoms with Gasteiger partial charge in [-0.1, -0.05) is 31.2 Å². The molecule has 2 amide bonds. The summed E-state index contributed by atoms with van der Waals surface area (Å²) in [5, 5.41) is 2.80. The zero-order valence-corrected chi connectivity index (χ0v) is 12.8. The van der Waals surface area contributed by atoms with Crippen LogP contribution < -0.4 is 5.32 Å². The number of piperazine rings is 1. The van der Waals surface area contributed by atoms with Gasteiger partial charge in [-0.15, -0.1) is 0 Å². The van der Waals surface area contributed by atoms with Crippen molar-refractivity contribution in [3.05, 3.63) is 35.4 Å². The quantitative estimate of drug-likeness (QED) is 0.922. The fraction of sp³-hybridized carbons (Fsp3) is 0.529. The number of carbonyl (C=O) groups excluding carboxylic acids is 2. The van der Waals surface area contributed by atoms with E-state index in [9.17, 15) is 9.59 Å². The van der Waals surface area contributed by atoms with Crippen LogP contribution in [0.5, 0.6) is 0 Å². The molecule has 4 heteroatoms. The third kappa shape index (κ3) is 2.04. The zero-order chi connectivity index (χ0) is 15.2. The highest BCUT2D eigenvalue weighted by Gasteiger charge is 2.48. The van der Waals surface area contributed by atoms with Gasteiger partial charge in [-0.05, 0) is 37.8 Å². The third-order valence-corrected chi connectivity index (χ3v) is 5.12. The number of hydrogen-bond donors (Lipinski definition) is 1. The topological polar surface area (TPSA) is 49.4 Å². The molecule has 1 aliphatic heterocycles. The largest absolute Gasteiger partial charge is 0.343 e. The molecule has 0 bridgehead atoms. The Kier molecular flexibility index (Phi) is 3.27. The minimum atomic E-state index is -0.728. The van der Waals surface area contributed by atoms with Gasteiger partial charge in [0.2, 0.25) is 11.8 Å². The molecular weight excluding hydrogens is 264 g/mol. The summed E-state index contributed by atoms with van der Waals surface area (Å²) in [5.74, 6) is 0.349.